The monoisotopic (exact) mass is 119 g/mol. The molecule has 0 N–H and O–H groups in total. The molecule has 1 rings (SSSR count). The van der Waals surface area contributed by atoms with Crippen LogP contribution < -0.4 is 0 Å². The molecule has 1 heteroatoms. The second-order valence-corrected chi connectivity index (χ2v) is 2.25. The average Bonchev–Trinajstić information content (AvgIpc) is 1.90. The molecule has 0 bridgehead atoms. The lowest BCUT2D eigenvalue weighted by Gasteiger charge is -1.96. The number of hydrogen-bond acceptors (Lipinski definition) is 1. The zero-order valence-corrected chi connectivity index (χ0v) is 5.68. The van der Waals surface area contributed by atoms with Crippen LogP contribution in [0.1, 0.15) is 25.5 Å². The minimum atomic E-state index is 0.461. The van der Waals surface area contributed by atoms with Gasteiger partial charge in [0.2, 0.25) is 0 Å². The zero-order chi connectivity index (χ0) is 6.69. The summed E-state index contributed by atoms with van der Waals surface area (Å²) in [5.74, 6) is 0.461. The summed E-state index contributed by atoms with van der Waals surface area (Å²) in [6, 6.07) is 7.54. The number of rotatable bonds is 1. The molecule has 1 aromatic heterocycles. The maximum Gasteiger partial charge on any atom is 0.0928 e. The predicted molar refractivity (Wildman–Crippen MR) is 36.0 cm³/mol. The first-order valence-corrected chi connectivity index (χ1v) is 3.05. The van der Waals surface area contributed by atoms with Gasteiger partial charge in [0.05, 0.1) is 5.69 Å². The highest BCUT2D eigenvalue weighted by atomic mass is 14.7. The van der Waals surface area contributed by atoms with E-state index in [1.54, 1.807) is 12.3 Å². The van der Waals surface area contributed by atoms with Gasteiger partial charge in [-0.2, -0.15) is 0 Å². The largest absolute Gasteiger partial charge is 0.251 e. The van der Waals surface area contributed by atoms with Gasteiger partial charge in [-0.15, -0.1) is 0 Å². The molecule has 0 saturated carbocycles. The Morgan fingerprint density at radius 2 is 2.33 bits per heavy atom. The molecule has 0 fully saturated rings. The Balaban J connectivity index is 2.85. The summed E-state index contributed by atoms with van der Waals surface area (Å²) in [5.41, 5.74) is 0.984. The second-order valence-electron chi connectivity index (χ2n) is 2.25. The highest BCUT2D eigenvalue weighted by Crippen LogP contribution is 2.05. The molecular formula is C8H9N. The Hall–Kier alpha value is -1.03. The van der Waals surface area contributed by atoms with Gasteiger partial charge in [0, 0.05) is 18.2 Å². The van der Waals surface area contributed by atoms with Gasteiger partial charge in [-0.25, -0.2) is 0 Å². The summed E-state index contributed by atoms with van der Waals surface area (Å²) in [6.45, 7) is 4.18. The molecule has 0 saturated heterocycles. The molecule has 1 aromatic rings. The van der Waals surface area contributed by atoms with Crippen LogP contribution in [0.3, 0.4) is 0 Å². The average molecular weight is 119 g/mol. The van der Waals surface area contributed by atoms with Crippen LogP contribution in [0, 0.1) is 12.1 Å². The first kappa shape index (κ1) is 6.10. The van der Waals surface area contributed by atoms with Crippen molar-refractivity contribution < 1.29 is 0 Å². The van der Waals surface area contributed by atoms with Gasteiger partial charge in [-0.05, 0) is 6.07 Å². The van der Waals surface area contributed by atoms with Crippen molar-refractivity contribution in [1.82, 2.24) is 4.98 Å². The Bertz CT molecular complexity index is 167. The molecule has 1 nitrogen and oxygen atoms in total. The predicted octanol–water partition coefficient (Wildman–Crippen LogP) is 1.81. The summed E-state index contributed by atoms with van der Waals surface area (Å²) < 4.78 is 0. The molecule has 0 aliphatic heterocycles. The summed E-state index contributed by atoms with van der Waals surface area (Å²) in [5, 5.41) is 0. The van der Waals surface area contributed by atoms with Crippen molar-refractivity contribution in [2.75, 3.05) is 0 Å². The van der Waals surface area contributed by atoms with E-state index in [0.29, 0.717) is 5.92 Å². The molecule has 9 heavy (non-hydrogen) atoms. The summed E-state index contributed by atoms with van der Waals surface area (Å²) in [6.07, 6.45) is 1.74. The lowest BCUT2D eigenvalue weighted by molar-refractivity contribution is 0.824. The van der Waals surface area contributed by atoms with Crippen LogP contribution in [0.4, 0.5) is 0 Å². The van der Waals surface area contributed by atoms with E-state index in [9.17, 15) is 0 Å². The molecule has 0 aliphatic carbocycles. The third-order valence-electron chi connectivity index (χ3n) is 1.12. The van der Waals surface area contributed by atoms with E-state index in [1.807, 2.05) is 0 Å². The normalized spacial score (nSPS) is 9.22. The fourth-order valence-electron chi connectivity index (χ4n) is 0.596. The molecule has 0 aliphatic rings. The van der Waals surface area contributed by atoms with Crippen LogP contribution in [-0.2, 0) is 0 Å². The van der Waals surface area contributed by atoms with Gasteiger partial charge in [0.25, 0.3) is 0 Å². The molecule has 0 amide bonds. The van der Waals surface area contributed by atoms with Gasteiger partial charge >= 0.3 is 0 Å². The molecule has 1 heterocycles. The van der Waals surface area contributed by atoms with Crippen LogP contribution in [0.5, 0.6) is 0 Å². The lowest BCUT2D eigenvalue weighted by Crippen LogP contribution is -1.87. The first-order valence-electron chi connectivity index (χ1n) is 3.05. The van der Waals surface area contributed by atoms with Gasteiger partial charge in [-0.3, -0.25) is 4.98 Å². The van der Waals surface area contributed by atoms with Crippen LogP contribution in [0.15, 0.2) is 12.3 Å². The molecule has 0 spiro atoms. The standard InChI is InChI=1S/C8H9N/c1-7(2)8-5-3-4-6-9-8/h4,6-7H,1-2H3. The third-order valence-corrected chi connectivity index (χ3v) is 1.12. The van der Waals surface area contributed by atoms with E-state index in [-0.39, 0.29) is 0 Å². The Morgan fingerprint density at radius 3 is 2.67 bits per heavy atom. The molecular weight excluding hydrogens is 110 g/mol. The molecule has 0 radical (unpaired) electrons. The van der Waals surface area contributed by atoms with Gasteiger partial charge in [0.15, 0.2) is 0 Å². The van der Waals surface area contributed by atoms with Crippen molar-refractivity contribution in [3.8, 4) is 0 Å². The fourth-order valence-corrected chi connectivity index (χ4v) is 0.596. The summed E-state index contributed by atoms with van der Waals surface area (Å²) >= 11 is 0. The number of aromatic nitrogens is 1. The Kier molecular flexibility index (Phi) is 1.69. The highest BCUT2D eigenvalue weighted by molar-refractivity contribution is 4.98. The fraction of sp³-hybridized carbons (Fsp3) is 0.375. The van der Waals surface area contributed by atoms with Crippen LogP contribution >= 0.6 is 0 Å². The molecule has 0 unspecified atom stereocenters. The van der Waals surface area contributed by atoms with Gasteiger partial charge < -0.3 is 0 Å². The molecule has 0 aromatic carbocycles. The van der Waals surface area contributed by atoms with E-state index in [1.165, 1.54) is 0 Å². The topological polar surface area (TPSA) is 12.9 Å². The molecule has 46 valence electrons. The van der Waals surface area contributed by atoms with Crippen molar-refractivity contribution in [3.63, 3.8) is 0 Å². The minimum Gasteiger partial charge on any atom is -0.251 e. The van der Waals surface area contributed by atoms with Gasteiger partial charge in [-0.1, -0.05) is 19.9 Å². The van der Waals surface area contributed by atoms with E-state index in [2.05, 4.69) is 31.0 Å². The Morgan fingerprint density at radius 1 is 1.56 bits per heavy atom. The lowest BCUT2D eigenvalue weighted by atomic mass is 10.1. The third kappa shape index (κ3) is 1.43. The summed E-state index contributed by atoms with van der Waals surface area (Å²) in [4.78, 5) is 4.09. The van der Waals surface area contributed by atoms with Gasteiger partial charge in [0.1, 0.15) is 0 Å². The smallest absolute Gasteiger partial charge is 0.0928 e. The van der Waals surface area contributed by atoms with Crippen molar-refractivity contribution in [2.24, 2.45) is 0 Å². The summed E-state index contributed by atoms with van der Waals surface area (Å²) in [7, 11) is 0. The van der Waals surface area contributed by atoms with Crippen molar-refractivity contribution in [2.45, 2.75) is 19.8 Å². The highest BCUT2D eigenvalue weighted by Gasteiger charge is 1.95. The van der Waals surface area contributed by atoms with Crippen LogP contribution in [-0.4, -0.2) is 4.98 Å². The van der Waals surface area contributed by atoms with Crippen molar-refractivity contribution in [3.05, 3.63) is 30.1 Å². The zero-order valence-electron chi connectivity index (χ0n) is 5.68. The van der Waals surface area contributed by atoms with E-state index >= 15 is 0 Å². The molecule has 0 atom stereocenters. The maximum absolute atomic E-state index is 4.09. The number of hydrogen-bond donors (Lipinski definition) is 0. The van der Waals surface area contributed by atoms with E-state index < -0.39 is 0 Å². The maximum atomic E-state index is 4.09. The van der Waals surface area contributed by atoms with Crippen LogP contribution in [0.25, 0.3) is 0 Å². The minimum absolute atomic E-state index is 0.461. The van der Waals surface area contributed by atoms with Crippen molar-refractivity contribution >= 4 is 0 Å². The first-order chi connectivity index (χ1) is 4.30. The van der Waals surface area contributed by atoms with E-state index in [0.717, 1.165) is 5.69 Å². The van der Waals surface area contributed by atoms with Crippen molar-refractivity contribution in [1.29, 1.82) is 0 Å². The van der Waals surface area contributed by atoms with Crippen LogP contribution in [0.2, 0.25) is 0 Å². The second kappa shape index (κ2) is 2.50. The quantitative estimate of drug-likeness (QED) is 0.549. The Labute approximate surface area is 55.7 Å². The SMILES string of the molecule is CC(C)c1c#cccn1. The van der Waals surface area contributed by atoms with E-state index in [4.69, 9.17) is 0 Å². The number of nitrogens with zero attached hydrogens (tertiary/aromatic N) is 1.